The third-order valence-corrected chi connectivity index (χ3v) is 2.89. The summed E-state index contributed by atoms with van der Waals surface area (Å²) in [4.78, 5) is 23.6. The molecule has 0 aliphatic rings. The predicted octanol–water partition coefficient (Wildman–Crippen LogP) is 2.29. The van der Waals surface area contributed by atoms with Gasteiger partial charge in [0.15, 0.2) is 0 Å². The van der Waals surface area contributed by atoms with E-state index in [1.54, 1.807) is 18.2 Å². The number of hydrogen-bond acceptors (Lipinski definition) is 3. The molecule has 2 aromatic carbocycles. The van der Waals surface area contributed by atoms with Gasteiger partial charge in [-0.05, 0) is 42.5 Å². The van der Waals surface area contributed by atoms with E-state index in [9.17, 15) is 9.59 Å². The van der Waals surface area contributed by atoms with Gasteiger partial charge in [0.25, 0.3) is 11.8 Å². The van der Waals surface area contributed by atoms with Crippen LogP contribution in [-0.4, -0.2) is 11.8 Å². The molecule has 0 aromatic heterocycles. The van der Waals surface area contributed by atoms with E-state index in [4.69, 9.17) is 16.9 Å². The van der Waals surface area contributed by atoms with Gasteiger partial charge in [-0.3, -0.25) is 20.4 Å². The fourth-order valence-corrected chi connectivity index (χ4v) is 1.77. The lowest BCUT2D eigenvalue weighted by molar-refractivity contribution is 0.0846. The van der Waals surface area contributed by atoms with Gasteiger partial charge in [0.05, 0.1) is 11.6 Å². The molecular formula is C15H10ClN3O2. The fraction of sp³-hybridized carbons (Fsp3) is 0. The monoisotopic (exact) mass is 299 g/mol. The average molecular weight is 300 g/mol. The summed E-state index contributed by atoms with van der Waals surface area (Å²) in [7, 11) is 0. The van der Waals surface area contributed by atoms with Crippen molar-refractivity contribution in [2.75, 3.05) is 0 Å². The molecular weight excluding hydrogens is 290 g/mol. The van der Waals surface area contributed by atoms with Crippen LogP contribution in [0.15, 0.2) is 48.5 Å². The molecule has 0 heterocycles. The number of carbonyl (C=O) groups is 2. The van der Waals surface area contributed by atoms with Crippen LogP contribution < -0.4 is 10.9 Å². The molecule has 0 aliphatic carbocycles. The summed E-state index contributed by atoms with van der Waals surface area (Å²) >= 11 is 5.78. The highest BCUT2D eigenvalue weighted by molar-refractivity contribution is 6.30. The molecule has 2 N–H and O–H groups in total. The first-order chi connectivity index (χ1) is 10.1. The second-order valence-electron chi connectivity index (χ2n) is 4.11. The minimum Gasteiger partial charge on any atom is -0.267 e. The topological polar surface area (TPSA) is 82.0 Å². The SMILES string of the molecule is N#Cc1ccc(C(=O)NNC(=O)c2cccc(Cl)c2)cc1. The van der Waals surface area contributed by atoms with Crippen LogP contribution in [-0.2, 0) is 0 Å². The molecule has 0 bridgehead atoms. The maximum absolute atomic E-state index is 11.8. The van der Waals surface area contributed by atoms with E-state index in [-0.39, 0.29) is 0 Å². The van der Waals surface area contributed by atoms with E-state index < -0.39 is 11.8 Å². The van der Waals surface area contributed by atoms with Gasteiger partial charge >= 0.3 is 0 Å². The number of halogens is 1. The quantitative estimate of drug-likeness (QED) is 0.835. The highest BCUT2D eigenvalue weighted by Gasteiger charge is 2.09. The molecule has 104 valence electrons. The highest BCUT2D eigenvalue weighted by atomic mass is 35.5. The van der Waals surface area contributed by atoms with Gasteiger partial charge in [-0.2, -0.15) is 5.26 Å². The third-order valence-electron chi connectivity index (χ3n) is 2.65. The molecule has 2 rings (SSSR count). The van der Waals surface area contributed by atoms with Gasteiger partial charge < -0.3 is 0 Å². The summed E-state index contributed by atoms with van der Waals surface area (Å²) in [5.41, 5.74) is 5.70. The van der Waals surface area contributed by atoms with E-state index in [1.165, 1.54) is 30.3 Å². The lowest BCUT2D eigenvalue weighted by Crippen LogP contribution is -2.41. The van der Waals surface area contributed by atoms with Crippen molar-refractivity contribution in [3.05, 3.63) is 70.2 Å². The summed E-state index contributed by atoms with van der Waals surface area (Å²) in [6.07, 6.45) is 0. The molecule has 0 atom stereocenters. The Balaban J connectivity index is 1.97. The molecule has 6 heteroatoms. The number of amides is 2. The second kappa shape index (κ2) is 6.55. The molecule has 0 unspecified atom stereocenters. The van der Waals surface area contributed by atoms with Crippen LogP contribution in [0.2, 0.25) is 5.02 Å². The highest BCUT2D eigenvalue weighted by Crippen LogP contribution is 2.10. The first-order valence-electron chi connectivity index (χ1n) is 5.96. The number of nitriles is 1. The molecule has 0 fully saturated rings. The fourth-order valence-electron chi connectivity index (χ4n) is 1.58. The van der Waals surface area contributed by atoms with E-state index in [2.05, 4.69) is 10.9 Å². The van der Waals surface area contributed by atoms with Crippen molar-refractivity contribution in [2.24, 2.45) is 0 Å². The minimum atomic E-state index is -0.477. The Morgan fingerprint density at radius 3 is 2.14 bits per heavy atom. The summed E-state index contributed by atoms with van der Waals surface area (Å²) in [6, 6.07) is 14.4. The molecule has 2 amide bonds. The first-order valence-corrected chi connectivity index (χ1v) is 6.34. The van der Waals surface area contributed by atoms with Crippen molar-refractivity contribution in [2.45, 2.75) is 0 Å². The average Bonchev–Trinajstić information content (AvgIpc) is 2.52. The maximum atomic E-state index is 11.8. The van der Waals surface area contributed by atoms with Crippen LogP contribution in [0.25, 0.3) is 0 Å². The lowest BCUT2D eigenvalue weighted by Gasteiger charge is -2.07. The standard InChI is InChI=1S/C15H10ClN3O2/c16-13-3-1-2-12(8-13)15(21)19-18-14(20)11-6-4-10(9-17)5-7-11/h1-8H,(H,18,20)(H,19,21). The molecule has 0 aliphatic heterocycles. The number of nitrogens with one attached hydrogen (secondary N) is 2. The number of hydrazine groups is 1. The molecule has 5 nitrogen and oxygen atoms in total. The van der Waals surface area contributed by atoms with Crippen LogP contribution in [0.4, 0.5) is 0 Å². The zero-order valence-corrected chi connectivity index (χ0v) is 11.5. The Morgan fingerprint density at radius 2 is 1.57 bits per heavy atom. The zero-order valence-electron chi connectivity index (χ0n) is 10.8. The molecule has 0 saturated carbocycles. The van der Waals surface area contributed by atoms with E-state index in [1.807, 2.05) is 6.07 Å². The van der Waals surface area contributed by atoms with Gasteiger partial charge in [-0.1, -0.05) is 17.7 Å². The number of benzene rings is 2. The first kappa shape index (κ1) is 14.6. The molecule has 0 saturated heterocycles. The summed E-state index contributed by atoms with van der Waals surface area (Å²) < 4.78 is 0. The largest absolute Gasteiger partial charge is 0.269 e. The van der Waals surface area contributed by atoms with Crippen LogP contribution >= 0.6 is 11.6 Å². The summed E-state index contributed by atoms with van der Waals surface area (Å²) in [6.45, 7) is 0. The van der Waals surface area contributed by atoms with Gasteiger partial charge in [0.1, 0.15) is 0 Å². The summed E-state index contributed by atoms with van der Waals surface area (Å²) in [5.74, 6) is -0.950. The van der Waals surface area contributed by atoms with Crippen molar-refractivity contribution < 1.29 is 9.59 Å². The second-order valence-corrected chi connectivity index (χ2v) is 4.54. The van der Waals surface area contributed by atoms with Gasteiger partial charge in [0, 0.05) is 16.1 Å². The van der Waals surface area contributed by atoms with E-state index in [0.29, 0.717) is 21.7 Å². The van der Waals surface area contributed by atoms with E-state index >= 15 is 0 Å². The Labute approximate surface area is 126 Å². The molecule has 0 spiro atoms. The molecule has 0 radical (unpaired) electrons. The van der Waals surface area contributed by atoms with E-state index in [0.717, 1.165) is 0 Å². The van der Waals surface area contributed by atoms with Crippen molar-refractivity contribution in [3.8, 4) is 6.07 Å². The number of carbonyl (C=O) groups excluding carboxylic acids is 2. The normalized spacial score (nSPS) is 9.52. The van der Waals surface area contributed by atoms with Crippen molar-refractivity contribution in [1.82, 2.24) is 10.9 Å². The predicted molar refractivity (Wildman–Crippen MR) is 77.5 cm³/mol. The smallest absolute Gasteiger partial charge is 0.267 e. The van der Waals surface area contributed by atoms with Gasteiger partial charge in [0.2, 0.25) is 0 Å². The van der Waals surface area contributed by atoms with Crippen molar-refractivity contribution >= 4 is 23.4 Å². The third kappa shape index (κ3) is 3.81. The number of rotatable bonds is 2. The van der Waals surface area contributed by atoms with Gasteiger partial charge in [-0.25, -0.2) is 0 Å². The summed E-state index contributed by atoms with van der Waals surface area (Å²) in [5, 5.41) is 9.10. The van der Waals surface area contributed by atoms with Crippen molar-refractivity contribution in [3.63, 3.8) is 0 Å². The maximum Gasteiger partial charge on any atom is 0.269 e. The number of hydrogen-bond donors (Lipinski definition) is 2. The Bertz CT molecular complexity index is 720. The Kier molecular flexibility index (Phi) is 4.54. The van der Waals surface area contributed by atoms with Crippen LogP contribution in [0.5, 0.6) is 0 Å². The van der Waals surface area contributed by atoms with Crippen LogP contribution in [0.3, 0.4) is 0 Å². The van der Waals surface area contributed by atoms with Crippen LogP contribution in [0.1, 0.15) is 26.3 Å². The Morgan fingerprint density at radius 1 is 0.952 bits per heavy atom. The molecule has 21 heavy (non-hydrogen) atoms. The molecule has 2 aromatic rings. The van der Waals surface area contributed by atoms with Gasteiger partial charge in [-0.15, -0.1) is 0 Å². The van der Waals surface area contributed by atoms with Crippen LogP contribution in [0, 0.1) is 11.3 Å². The lowest BCUT2D eigenvalue weighted by atomic mass is 10.1. The number of nitrogens with zero attached hydrogens (tertiary/aromatic N) is 1. The minimum absolute atomic E-state index is 0.334. The Hall–Kier alpha value is -2.84. The van der Waals surface area contributed by atoms with Crippen molar-refractivity contribution in [1.29, 1.82) is 5.26 Å². The zero-order chi connectivity index (χ0) is 15.2.